The van der Waals surface area contributed by atoms with E-state index in [0.717, 1.165) is 0 Å². The number of ether oxygens (including phenoxy) is 1. The number of nitrogens with zero attached hydrogens (tertiary/aromatic N) is 2. The average Bonchev–Trinajstić information content (AvgIpc) is 2.78. The molecule has 0 bridgehead atoms. The lowest BCUT2D eigenvalue weighted by Crippen LogP contribution is -2.17. The molecular weight excluding hydrogens is 277 g/mol. The first-order valence-corrected chi connectivity index (χ1v) is 5.57. The molecule has 0 saturated heterocycles. The van der Waals surface area contributed by atoms with E-state index >= 15 is 0 Å². The highest BCUT2D eigenvalue weighted by Crippen LogP contribution is 2.31. The Morgan fingerprint density at radius 3 is 2.70 bits per heavy atom. The average molecular weight is 288 g/mol. The number of rotatable bonds is 5. The zero-order valence-electron chi connectivity index (χ0n) is 10.4. The molecule has 0 aliphatic rings. The van der Waals surface area contributed by atoms with E-state index in [9.17, 15) is 13.2 Å². The molecule has 0 aliphatic heterocycles. The Bertz CT molecular complexity index is 571. The Kier molecular flexibility index (Phi) is 4.08. The molecule has 2 aromatic rings. The molecule has 0 fully saturated rings. The Hall–Kier alpha value is -2.29. The molecule has 0 atom stereocenters. The van der Waals surface area contributed by atoms with Crippen LogP contribution in [0.1, 0.15) is 5.89 Å². The number of hydrogen-bond donors (Lipinski definition) is 2. The fourth-order valence-electron chi connectivity index (χ4n) is 1.43. The van der Waals surface area contributed by atoms with Crippen molar-refractivity contribution in [1.82, 2.24) is 15.5 Å². The van der Waals surface area contributed by atoms with Gasteiger partial charge < -0.3 is 19.8 Å². The van der Waals surface area contributed by atoms with E-state index in [4.69, 9.17) is 4.42 Å². The molecule has 0 amide bonds. The largest absolute Gasteiger partial charge is 0.573 e. The topological polar surface area (TPSA) is 72.2 Å². The first kappa shape index (κ1) is 14.1. The summed E-state index contributed by atoms with van der Waals surface area (Å²) in [6.45, 7) is 0.357. The van der Waals surface area contributed by atoms with E-state index in [1.807, 2.05) is 0 Å². The van der Waals surface area contributed by atoms with Crippen LogP contribution in [0.25, 0.3) is 0 Å². The number of nitrogens with one attached hydrogen (secondary N) is 2. The van der Waals surface area contributed by atoms with E-state index in [2.05, 4.69) is 25.6 Å². The molecule has 0 saturated carbocycles. The summed E-state index contributed by atoms with van der Waals surface area (Å²) in [6, 6.07) is 5.54. The molecule has 0 aliphatic carbocycles. The number of halogens is 3. The standard InChI is InChI=1S/C11H11F3N4O2/c1-15-6-9-17-18-10(19-9)16-7-4-2-3-5-8(7)20-11(12,13)14/h2-5,15H,6H2,1H3,(H,16,18). The van der Waals surface area contributed by atoms with E-state index in [-0.39, 0.29) is 17.5 Å². The van der Waals surface area contributed by atoms with Crippen LogP contribution < -0.4 is 15.4 Å². The third-order valence-corrected chi connectivity index (χ3v) is 2.15. The highest BCUT2D eigenvalue weighted by molar-refractivity contribution is 5.61. The normalized spacial score (nSPS) is 11.4. The fraction of sp³-hybridized carbons (Fsp3) is 0.273. The van der Waals surface area contributed by atoms with Gasteiger partial charge >= 0.3 is 12.4 Å². The minimum Gasteiger partial charge on any atom is -0.406 e. The summed E-state index contributed by atoms with van der Waals surface area (Å²) in [6.07, 6.45) is -4.77. The molecule has 0 unspecified atom stereocenters. The van der Waals surface area contributed by atoms with Crippen molar-refractivity contribution in [3.63, 3.8) is 0 Å². The molecule has 2 rings (SSSR count). The Morgan fingerprint density at radius 2 is 2.00 bits per heavy atom. The molecule has 1 aromatic carbocycles. The Labute approximate surface area is 111 Å². The quantitative estimate of drug-likeness (QED) is 0.880. The molecule has 1 aromatic heterocycles. The fourth-order valence-corrected chi connectivity index (χ4v) is 1.43. The number of para-hydroxylation sites is 2. The zero-order valence-corrected chi connectivity index (χ0v) is 10.4. The molecule has 0 spiro atoms. The van der Waals surface area contributed by atoms with E-state index in [0.29, 0.717) is 12.4 Å². The minimum absolute atomic E-state index is 0.0199. The third-order valence-electron chi connectivity index (χ3n) is 2.15. The van der Waals surface area contributed by atoms with Gasteiger partial charge in [-0.15, -0.1) is 18.3 Å². The van der Waals surface area contributed by atoms with Gasteiger partial charge in [-0.2, -0.15) is 0 Å². The molecule has 0 radical (unpaired) electrons. The van der Waals surface area contributed by atoms with Gasteiger partial charge in [0.05, 0.1) is 12.2 Å². The SMILES string of the molecule is CNCc1nnc(Nc2ccccc2OC(F)(F)F)o1. The van der Waals surface area contributed by atoms with Gasteiger partial charge in [0.1, 0.15) is 0 Å². The van der Waals surface area contributed by atoms with Crippen molar-refractivity contribution in [2.75, 3.05) is 12.4 Å². The first-order valence-electron chi connectivity index (χ1n) is 5.57. The summed E-state index contributed by atoms with van der Waals surface area (Å²) in [7, 11) is 1.70. The van der Waals surface area contributed by atoms with Crippen molar-refractivity contribution in [2.24, 2.45) is 0 Å². The van der Waals surface area contributed by atoms with Crippen LogP contribution in [0, 0.1) is 0 Å². The maximum atomic E-state index is 12.3. The van der Waals surface area contributed by atoms with Crippen LogP contribution in [0.5, 0.6) is 5.75 Å². The van der Waals surface area contributed by atoms with Crippen molar-refractivity contribution < 1.29 is 22.3 Å². The van der Waals surface area contributed by atoms with Crippen molar-refractivity contribution in [3.8, 4) is 5.75 Å². The Morgan fingerprint density at radius 1 is 1.25 bits per heavy atom. The van der Waals surface area contributed by atoms with Crippen molar-refractivity contribution in [3.05, 3.63) is 30.2 Å². The predicted molar refractivity (Wildman–Crippen MR) is 63.5 cm³/mol. The van der Waals surface area contributed by atoms with Crippen molar-refractivity contribution in [2.45, 2.75) is 12.9 Å². The maximum Gasteiger partial charge on any atom is 0.573 e. The summed E-state index contributed by atoms with van der Waals surface area (Å²) in [5.74, 6) is -0.0717. The molecule has 9 heteroatoms. The lowest BCUT2D eigenvalue weighted by Gasteiger charge is -2.12. The van der Waals surface area contributed by atoms with E-state index in [1.165, 1.54) is 18.2 Å². The smallest absolute Gasteiger partial charge is 0.406 e. The Balaban J connectivity index is 2.15. The number of anilines is 2. The second-order valence-electron chi connectivity index (χ2n) is 3.70. The van der Waals surface area contributed by atoms with Gasteiger partial charge in [-0.05, 0) is 19.2 Å². The number of benzene rings is 1. The van der Waals surface area contributed by atoms with Gasteiger partial charge in [-0.3, -0.25) is 0 Å². The highest BCUT2D eigenvalue weighted by atomic mass is 19.4. The van der Waals surface area contributed by atoms with Crippen LogP contribution in [0.4, 0.5) is 24.9 Å². The van der Waals surface area contributed by atoms with Crippen LogP contribution in [-0.2, 0) is 6.54 Å². The molecular formula is C11H11F3N4O2. The van der Waals surface area contributed by atoms with Gasteiger partial charge in [0.15, 0.2) is 5.75 Å². The molecule has 1 heterocycles. The molecule has 108 valence electrons. The first-order chi connectivity index (χ1) is 9.48. The van der Waals surface area contributed by atoms with Crippen molar-refractivity contribution >= 4 is 11.7 Å². The molecule has 20 heavy (non-hydrogen) atoms. The number of aromatic nitrogens is 2. The van der Waals surface area contributed by atoms with Gasteiger partial charge in [0.25, 0.3) is 0 Å². The van der Waals surface area contributed by atoms with E-state index in [1.54, 1.807) is 13.1 Å². The van der Waals surface area contributed by atoms with Gasteiger partial charge in [-0.1, -0.05) is 17.2 Å². The van der Waals surface area contributed by atoms with E-state index < -0.39 is 6.36 Å². The highest BCUT2D eigenvalue weighted by Gasteiger charge is 2.32. The predicted octanol–water partition coefficient (Wildman–Crippen LogP) is 2.43. The summed E-state index contributed by atoms with van der Waals surface area (Å²) in [5, 5.41) is 12.8. The second kappa shape index (κ2) is 5.78. The third kappa shape index (κ3) is 3.85. The summed E-state index contributed by atoms with van der Waals surface area (Å²) < 4.78 is 45.8. The summed E-state index contributed by atoms with van der Waals surface area (Å²) in [5.41, 5.74) is 0.0736. The zero-order chi connectivity index (χ0) is 14.6. The van der Waals surface area contributed by atoms with Crippen molar-refractivity contribution in [1.29, 1.82) is 0 Å². The van der Waals surface area contributed by atoms with Crippen LogP contribution in [0.15, 0.2) is 28.7 Å². The van der Waals surface area contributed by atoms with Crippen LogP contribution in [-0.4, -0.2) is 23.6 Å². The lowest BCUT2D eigenvalue weighted by molar-refractivity contribution is -0.274. The van der Waals surface area contributed by atoms with Crippen LogP contribution >= 0.6 is 0 Å². The lowest BCUT2D eigenvalue weighted by atomic mass is 10.3. The van der Waals surface area contributed by atoms with Crippen LogP contribution in [0.2, 0.25) is 0 Å². The second-order valence-corrected chi connectivity index (χ2v) is 3.70. The minimum atomic E-state index is -4.77. The molecule has 2 N–H and O–H groups in total. The van der Waals surface area contributed by atoms with Gasteiger partial charge in [-0.25, -0.2) is 0 Å². The van der Waals surface area contributed by atoms with Gasteiger partial charge in [0, 0.05) is 0 Å². The summed E-state index contributed by atoms with van der Waals surface area (Å²) in [4.78, 5) is 0. The summed E-state index contributed by atoms with van der Waals surface area (Å²) >= 11 is 0. The van der Waals surface area contributed by atoms with Gasteiger partial charge in [0.2, 0.25) is 5.89 Å². The molecule has 6 nitrogen and oxygen atoms in total. The monoisotopic (exact) mass is 288 g/mol. The van der Waals surface area contributed by atoms with Crippen LogP contribution in [0.3, 0.4) is 0 Å². The number of hydrogen-bond acceptors (Lipinski definition) is 6. The number of alkyl halides is 3. The maximum absolute atomic E-state index is 12.3.